The minimum absolute atomic E-state index is 0.266. The second-order valence-corrected chi connectivity index (χ2v) is 11.3. The van der Waals surface area contributed by atoms with E-state index in [2.05, 4.69) is 37.2 Å². The van der Waals surface area contributed by atoms with Crippen molar-refractivity contribution in [2.75, 3.05) is 68.2 Å². The first-order valence-electron chi connectivity index (χ1n) is 14.4. The summed E-state index contributed by atoms with van der Waals surface area (Å²) in [7, 11) is 1.59. The van der Waals surface area contributed by atoms with Crippen LogP contribution >= 0.6 is 11.8 Å². The van der Waals surface area contributed by atoms with Crippen LogP contribution in [0.3, 0.4) is 0 Å². The minimum Gasteiger partial charge on any atom is -0.493 e. The van der Waals surface area contributed by atoms with Gasteiger partial charge in [0, 0.05) is 50.3 Å². The van der Waals surface area contributed by atoms with Gasteiger partial charge < -0.3 is 24.4 Å². The summed E-state index contributed by atoms with van der Waals surface area (Å²) in [5.41, 5.74) is 2.85. The predicted molar refractivity (Wildman–Crippen MR) is 162 cm³/mol. The Morgan fingerprint density at radius 1 is 0.927 bits per heavy atom. The van der Waals surface area contributed by atoms with E-state index in [1.165, 1.54) is 12.1 Å². The van der Waals surface area contributed by atoms with Crippen LogP contribution < -0.4 is 24.4 Å². The van der Waals surface area contributed by atoms with Gasteiger partial charge in [-0.05, 0) is 62.1 Å². The zero-order valence-corrected chi connectivity index (χ0v) is 24.9. The largest absolute Gasteiger partial charge is 0.493 e. The highest BCUT2D eigenvalue weighted by atomic mass is 32.2. The number of piperidine rings is 1. The van der Waals surface area contributed by atoms with Gasteiger partial charge >= 0.3 is 6.01 Å². The summed E-state index contributed by atoms with van der Waals surface area (Å²) in [5.74, 6) is 4.63. The van der Waals surface area contributed by atoms with Crippen LogP contribution in [-0.4, -0.2) is 83.9 Å². The number of nitrogens with one attached hydrogen (secondary N) is 1. The zero-order valence-electron chi connectivity index (χ0n) is 24.1. The molecule has 0 bridgehead atoms. The average Bonchev–Trinajstić information content (AvgIpc) is 2.99. The van der Waals surface area contributed by atoms with Gasteiger partial charge in [0.25, 0.3) is 0 Å². The molecule has 2 saturated heterocycles. The summed E-state index contributed by atoms with van der Waals surface area (Å²) in [6.07, 6.45) is 1.93. The Labute approximate surface area is 245 Å². The SMILES string of the molecule is CCOc1cc(CN2CCC(Nc3nc(OC)nc(N4CCSCC4)n3)CC2)cc(OCC)c1-c1ccc(F)cc1. The first-order valence-corrected chi connectivity index (χ1v) is 15.5. The number of ether oxygens (including phenoxy) is 3. The van der Waals surface area contributed by atoms with Gasteiger partial charge in [-0.25, -0.2) is 4.39 Å². The molecule has 1 aromatic heterocycles. The smallest absolute Gasteiger partial charge is 0.322 e. The van der Waals surface area contributed by atoms with E-state index in [0.717, 1.165) is 85.3 Å². The maximum atomic E-state index is 13.6. The normalized spacial score (nSPS) is 16.4. The molecule has 0 spiro atoms. The number of methoxy groups -OCH3 is 1. The molecule has 0 saturated carbocycles. The minimum atomic E-state index is -0.268. The Bertz CT molecular complexity index is 1260. The monoisotopic (exact) mass is 582 g/mol. The molecule has 2 aliphatic rings. The summed E-state index contributed by atoms with van der Waals surface area (Å²) in [4.78, 5) is 18.3. The number of hydrogen-bond donors (Lipinski definition) is 1. The third-order valence-electron chi connectivity index (χ3n) is 7.26. The first kappa shape index (κ1) is 29.2. The summed E-state index contributed by atoms with van der Waals surface area (Å²) < 4.78 is 31.1. The zero-order chi connectivity index (χ0) is 28.6. The quantitative estimate of drug-likeness (QED) is 0.329. The van der Waals surface area contributed by atoms with E-state index >= 15 is 0 Å². The van der Waals surface area contributed by atoms with Gasteiger partial charge in [0.1, 0.15) is 17.3 Å². The molecule has 3 aromatic rings. The van der Waals surface area contributed by atoms with Crippen LogP contribution in [0.2, 0.25) is 0 Å². The molecule has 41 heavy (non-hydrogen) atoms. The number of aromatic nitrogens is 3. The van der Waals surface area contributed by atoms with Crippen LogP contribution in [0.15, 0.2) is 36.4 Å². The van der Waals surface area contributed by atoms with Crippen molar-refractivity contribution >= 4 is 23.7 Å². The van der Waals surface area contributed by atoms with Crippen molar-refractivity contribution in [3.8, 4) is 28.6 Å². The highest BCUT2D eigenvalue weighted by Crippen LogP contribution is 2.40. The summed E-state index contributed by atoms with van der Waals surface area (Å²) in [5, 5.41) is 3.53. The molecule has 2 aromatic carbocycles. The van der Waals surface area contributed by atoms with Crippen LogP contribution in [-0.2, 0) is 6.54 Å². The lowest BCUT2D eigenvalue weighted by molar-refractivity contribution is 0.210. The Hall–Kier alpha value is -3.31. The molecule has 2 aliphatic heterocycles. The van der Waals surface area contributed by atoms with Crippen LogP contribution in [0.4, 0.5) is 16.3 Å². The van der Waals surface area contributed by atoms with Crippen molar-refractivity contribution in [2.24, 2.45) is 0 Å². The van der Waals surface area contributed by atoms with Gasteiger partial charge in [-0.15, -0.1) is 0 Å². The van der Waals surface area contributed by atoms with Crippen molar-refractivity contribution in [1.82, 2.24) is 19.9 Å². The van der Waals surface area contributed by atoms with Gasteiger partial charge in [0.2, 0.25) is 11.9 Å². The number of hydrogen-bond acceptors (Lipinski definition) is 10. The molecule has 0 atom stereocenters. The summed E-state index contributed by atoms with van der Waals surface area (Å²) in [6.45, 7) is 9.50. The molecule has 0 unspecified atom stereocenters. The first-order chi connectivity index (χ1) is 20.1. The number of anilines is 2. The molecule has 2 fully saturated rings. The fourth-order valence-electron chi connectivity index (χ4n) is 5.26. The molecular weight excluding hydrogens is 543 g/mol. The van der Waals surface area contributed by atoms with Crippen LogP contribution in [0, 0.1) is 5.82 Å². The summed E-state index contributed by atoms with van der Waals surface area (Å²) in [6, 6.07) is 11.3. The molecule has 5 rings (SSSR count). The average molecular weight is 583 g/mol. The van der Waals surface area contributed by atoms with E-state index in [-0.39, 0.29) is 11.9 Å². The fourth-order valence-corrected chi connectivity index (χ4v) is 6.16. The Kier molecular flexibility index (Phi) is 10.00. The van der Waals surface area contributed by atoms with E-state index in [1.807, 2.05) is 25.6 Å². The van der Waals surface area contributed by atoms with E-state index in [1.54, 1.807) is 19.2 Å². The molecule has 220 valence electrons. The molecule has 0 radical (unpaired) electrons. The second-order valence-electron chi connectivity index (χ2n) is 10.1. The predicted octanol–water partition coefficient (Wildman–Crippen LogP) is 5.11. The lowest BCUT2D eigenvalue weighted by Crippen LogP contribution is -2.39. The third kappa shape index (κ3) is 7.51. The molecule has 1 N–H and O–H groups in total. The van der Waals surface area contributed by atoms with E-state index in [9.17, 15) is 4.39 Å². The maximum Gasteiger partial charge on any atom is 0.322 e. The van der Waals surface area contributed by atoms with Crippen molar-refractivity contribution < 1.29 is 18.6 Å². The third-order valence-corrected chi connectivity index (χ3v) is 8.21. The van der Waals surface area contributed by atoms with Crippen molar-refractivity contribution in [3.63, 3.8) is 0 Å². The molecule has 9 nitrogen and oxygen atoms in total. The van der Waals surface area contributed by atoms with E-state index < -0.39 is 0 Å². The topological polar surface area (TPSA) is 84.9 Å². The number of rotatable bonds is 11. The van der Waals surface area contributed by atoms with Crippen LogP contribution in [0.25, 0.3) is 11.1 Å². The number of thioether (sulfide) groups is 1. The molecule has 11 heteroatoms. The van der Waals surface area contributed by atoms with E-state index in [0.29, 0.717) is 31.1 Å². The van der Waals surface area contributed by atoms with Gasteiger partial charge in [0.15, 0.2) is 0 Å². The molecule has 0 amide bonds. The van der Waals surface area contributed by atoms with Crippen molar-refractivity contribution in [3.05, 3.63) is 47.8 Å². The van der Waals surface area contributed by atoms with Gasteiger partial charge in [-0.2, -0.15) is 26.7 Å². The molecule has 3 heterocycles. The Morgan fingerprint density at radius 3 is 2.20 bits per heavy atom. The lowest BCUT2D eigenvalue weighted by atomic mass is 9.99. The summed E-state index contributed by atoms with van der Waals surface area (Å²) >= 11 is 1.95. The number of halogens is 1. The van der Waals surface area contributed by atoms with Crippen molar-refractivity contribution in [2.45, 2.75) is 39.3 Å². The fraction of sp³-hybridized carbons (Fsp3) is 0.500. The van der Waals surface area contributed by atoms with Crippen molar-refractivity contribution in [1.29, 1.82) is 0 Å². The maximum absolute atomic E-state index is 13.6. The second kappa shape index (κ2) is 14.0. The lowest BCUT2D eigenvalue weighted by Gasteiger charge is -2.33. The van der Waals surface area contributed by atoms with E-state index in [4.69, 9.17) is 19.2 Å². The Morgan fingerprint density at radius 2 is 1.59 bits per heavy atom. The number of likely N-dealkylation sites (tertiary alicyclic amines) is 1. The number of nitrogens with zero attached hydrogens (tertiary/aromatic N) is 5. The highest BCUT2D eigenvalue weighted by Gasteiger charge is 2.23. The van der Waals surface area contributed by atoms with Crippen LogP contribution in [0.5, 0.6) is 17.5 Å². The standard InChI is InChI=1S/C30H39FN6O3S/c1-4-39-25-18-21(19-26(40-5-2)27(25)22-6-8-23(31)9-7-22)20-36-12-10-24(11-13-36)32-28-33-29(35-30(34-28)38-3)37-14-16-41-17-15-37/h6-9,18-19,24H,4-5,10-17,20H2,1-3H3,(H,32,33,34,35). The Balaban J connectivity index is 1.25. The van der Waals surface area contributed by atoms with Gasteiger partial charge in [-0.1, -0.05) is 12.1 Å². The number of benzene rings is 2. The van der Waals surface area contributed by atoms with Gasteiger partial charge in [-0.3, -0.25) is 4.90 Å². The van der Waals surface area contributed by atoms with Crippen LogP contribution in [0.1, 0.15) is 32.3 Å². The van der Waals surface area contributed by atoms with Gasteiger partial charge in [0.05, 0.1) is 25.9 Å². The molecular formula is C30H39FN6O3S. The highest BCUT2D eigenvalue weighted by molar-refractivity contribution is 7.99. The molecule has 0 aliphatic carbocycles.